The van der Waals surface area contributed by atoms with Crippen LogP contribution in [0.15, 0.2) is 42.5 Å². The summed E-state index contributed by atoms with van der Waals surface area (Å²) in [5, 5.41) is 11.4. The SMILES string of the molecule is O[C@@]12CCCC[C@@H]1[C@@H](c1ccc3c(c1)OCO3)N(Cc1ccc(F)cc1)CC2. The number of rotatable bonds is 3. The van der Waals surface area contributed by atoms with Crippen molar-refractivity contribution in [2.45, 2.75) is 50.3 Å². The number of hydrogen-bond donors (Lipinski definition) is 1. The van der Waals surface area contributed by atoms with Gasteiger partial charge in [-0.05, 0) is 54.7 Å². The molecule has 2 aromatic rings. The molecule has 3 aliphatic rings. The third kappa shape index (κ3) is 3.16. The highest BCUT2D eigenvalue weighted by molar-refractivity contribution is 5.45. The van der Waals surface area contributed by atoms with E-state index >= 15 is 0 Å². The lowest BCUT2D eigenvalue weighted by atomic mass is 9.66. The number of hydrogen-bond acceptors (Lipinski definition) is 4. The zero-order valence-electron chi connectivity index (χ0n) is 15.9. The summed E-state index contributed by atoms with van der Waals surface area (Å²) in [6, 6.07) is 13.0. The smallest absolute Gasteiger partial charge is 0.231 e. The van der Waals surface area contributed by atoms with Gasteiger partial charge in [0.1, 0.15) is 5.82 Å². The van der Waals surface area contributed by atoms with E-state index in [2.05, 4.69) is 17.0 Å². The molecule has 5 heteroatoms. The third-order valence-electron chi connectivity index (χ3n) is 6.71. The summed E-state index contributed by atoms with van der Waals surface area (Å²) >= 11 is 0. The molecule has 2 aromatic carbocycles. The van der Waals surface area contributed by atoms with E-state index in [1.165, 1.54) is 12.1 Å². The van der Waals surface area contributed by atoms with Crippen molar-refractivity contribution in [3.8, 4) is 11.5 Å². The molecule has 2 fully saturated rings. The Balaban J connectivity index is 1.50. The molecule has 0 radical (unpaired) electrons. The summed E-state index contributed by atoms with van der Waals surface area (Å²) in [7, 11) is 0. The van der Waals surface area contributed by atoms with Gasteiger partial charge in [0, 0.05) is 25.0 Å². The second kappa shape index (κ2) is 7.05. The van der Waals surface area contributed by atoms with Crippen molar-refractivity contribution in [1.82, 2.24) is 4.90 Å². The molecule has 4 nitrogen and oxygen atoms in total. The van der Waals surface area contributed by atoms with Crippen LogP contribution in [0, 0.1) is 11.7 Å². The maximum atomic E-state index is 13.3. The van der Waals surface area contributed by atoms with Gasteiger partial charge in [0.05, 0.1) is 5.60 Å². The molecule has 3 atom stereocenters. The summed E-state index contributed by atoms with van der Waals surface area (Å²) < 4.78 is 24.4. The number of piperidine rings is 1. The first kappa shape index (κ1) is 18.0. The molecular weight excluding hydrogens is 357 g/mol. The topological polar surface area (TPSA) is 41.9 Å². The number of nitrogens with zero attached hydrogens (tertiary/aromatic N) is 1. The van der Waals surface area contributed by atoms with Crippen LogP contribution in [-0.4, -0.2) is 28.9 Å². The highest BCUT2D eigenvalue weighted by atomic mass is 19.1. The number of ether oxygens (including phenoxy) is 2. The minimum absolute atomic E-state index is 0.110. The van der Waals surface area contributed by atoms with E-state index in [1.54, 1.807) is 0 Å². The van der Waals surface area contributed by atoms with Crippen molar-refractivity contribution in [2.75, 3.05) is 13.3 Å². The minimum atomic E-state index is -0.599. The Morgan fingerprint density at radius 2 is 1.86 bits per heavy atom. The third-order valence-corrected chi connectivity index (χ3v) is 6.71. The average Bonchev–Trinajstić information content (AvgIpc) is 3.17. The zero-order valence-corrected chi connectivity index (χ0v) is 15.9. The van der Waals surface area contributed by atoms with Gasteiger partial charge >= 0.3 is 0 Å². The van der Waals surface area contributed by atoms with Crippen LogP contribution in [0.5, 0.6) is 11.5 Å². The summed E-state index contributed by atoms with van der Waals surface area (Å²) in [5.41, 5.74) is 1.66. The molecule has 0 bridgehead atoms. The molecule has 148 valence electrons. The number of aliphatic hydroxyl groups is 1. The van der Waals surface area contributed by atoms with Gasteiger partial charge in [0.15, 0.2) is 11.5 Å². The fourth-order valence-electron chi connectivity index (χ4n) is 5.28. The predicted molar refractivity (Wildman–Crippen MR) is 104 cm³/mol. The Morgan fingerprint density at radius 3 is 2.71 bits per heavy atom. The summed E-state index contributed by atoms with van der Waals surface area (Å²) in [6.45, 7) is 1.82. The van der Waals surface area contributed by atoms with Crippen LogP contribution >= 0.6 is 0 Å². The van der Waals surface area contributed by atoms with Crippen LogP contribution in [0.4, 0.5) is 4.39 Å². The quantitative estimate of drug-likeness (QED) is 0.852. The first-order valence-electron chi connectivity index (χ1n) is 10.2. The molecule has 1 N–H and O–H groups in total. The van der Waals surface area contributed by atoms with Crippen LogP contribution in [0.1, 0.15) is 49.3 Å². The van der Waals surface area contributed by atoms with Gasteiger partial charge < -0.3 is 14.6 Å². The number of fused-ring (bicyclic) bond motifs is 2. The normalized spacial score (nSPS) is 29.5. The predicted octanol–water partition coefficient (Wildman–Crippen LogP) is 4.42. The van der Waals surface area contributed by atoms with Gasteiger partial charge in [-0.25, -0.2) is 4.39 Å². The Bertz CT molecular complexity index is 855. The van der Waals surface area contributed by atoms with Gasteiger partial charge in [-0.15, -0.1) is 0 Å². The summed E-state index contributed by atoms with van der Waals surface area (Å²) in [4.78, 5) is 2.44. The molecule has 1 saturated heterocycles. The van der Waals surface area contributed by atoms with E-state index in [1.807, 2.05) is 18.2 Å². The van der Waals surface area contributed by atoms with Crippen LogP contribution in [0.25, 0.3) is 0 Å². The van der Waals surface area contributed by atoms with Crippen molar-refractivity contribution in [3.05, 3.63) is 59.4 Å². The van der Waals surface area contributed by atoms with Crippen LogP contribution in [-0.2, 0) is 6.54 Å². The average molecular weight is 383 g/mol. The molecule has 1 aliphatic carbocycles. The van der Waals surface area contributed by atoms with E-state index in [9.17, 15) is 9.50 Å². The van der Waals surface area contributed by atoms with Gasteiger partial charge in [-0.1, -0.05) is 31.0 Å². The Kier molecular flexibility index (Phi) is 4.52. The molecule has 0 aromatic heterocycles. The van der Waals surface area contributed by atoms with Crippen molar-refractivity contribution < 1.29 is 19.0 Å². The molecular formula is C23H26FNO3. The van der Waals surface area contributed by atoms with E-state index in [0.29, 0.717) is 0 Å². The van der Waals surface area contributed by atoms with Crippen molar-refractivity contribution in [1.29, 1.82) is 0 Å². The maximum Gasteiger partial charge on any atom is 0.231 e. The number of halogens is 1. The molecule has 2 heterocycles. The van der Waals surface area contributed by atoms with Gasteiger partial charge in [0.25, 0.3) is 0 Å². The lowest BCUT2D eigenvalue weighted by molar-refractivity contribution is -0.126. The zero-order chi connectivity index (χ0) is 19.1. The molecule has 0 unspecified atom stereocenters. The lowest BCUT2D eigenvalue weighted by Gasteiger charge is -2.52. The highest BCUT2D eigenvalue weighted by Crippen LogP contribution is 2.50. The second-order valence-electron chi connectivity index (χ2n) is 8.36. The molecule has 28 heavy (non-hydrogen) atoms. The Hall–Kier alpha value is -2.11. The maximum absolute atomic E-state index is 13.3. The fourth-order valence-corrected chi connectivity index (χ4v) is 5.28. The molecule has 0 amide bonds. The van der Waals surface area contributed by atoms with Crippen LogP contribution in [0.3, 0.4) is 0 Å². The molecule has 1 saturated carbocycles. The standard InChI is InChI=1S/C23H26FNO3/c24-18-7-4-16(5-8-18)14-25-12-11-23(26)10-2-1-3-19(23)22(25)17-6-9-20-21(13-17)28-15-27-20/h4-9,13,19,22,26H,1-3,10-12,14-15H2/t19-,22-,23-/m1/s1. The van der Waals surface area contributed by atoms with Crippen molar-refractivity contribution >= 4 is 0 Å². The summed E-state index contributed by atoms with van der Waals surface area (Å²) in [6.07, 6.45) is 4.94. The van der Waals surface area contributed by atoms with E-state index in [4.69, 9.17) is 9.47 Å². The van der Waals surface area contributed by atoms with Crippen LogP contribution < -0.4 is 9.47 Å². The van der Waals surface area contributed by atoms with Gasteiger partial charge in [0.2, 0.25) is 6.79 Å². The Morgan fingerprint density at radius 1 is 1.04 bits per heavy atom. The second-order valence-corrected chi connectivity index (χ2v) is 8.36. The molecule has 5 rings (SSSR count). The largest absolute Gasteiger partial charge is 0.454 e. The number of likely N-dealkylation sites (tertiary alicyclic amines) is 1. The van der Waals surface area contributed by atoms with E-state index < -0.39 is 5.60 Å². The highest BCUT2D eigenvalue weighted by Gasteiger charge is 2.49. The fraction of sp³-hybridized carbons (Fsp3) is 0.478. The lowest BCUT2D eigenvalue weighted by Crippen LogP contribution is -2.54. The van der Waals surface area contributed by atoms with Crippen molar-refractivity contribution in [2.24, 2.45) is 5.92 Å². The Labute approximate surface area is 164 Å². The molecule has 0 spiro atoms. The monoisotopic (exact) mass is 383 g/mol. The van der Waals surface area contributed by atoms with Crippen molar-refractivity contribution in [3.63, 3.8) is 0 Å². The first-order chi connectivity index (χ1) is 13.6. The minimum Gasteiger partial charge on any atom is -0.454 e. The van der Waals surface area contributed by atoms with Gasteiger partial charge in [-0.2, -0.15) is 0 Å². The summed E-state index contributed by atoms with van der Waals surface area (Å²) in [5.74, 6) is 1.54. The molecule has 2 aliphatic heterocycles. The van der Waals surface area contributed by atoms with Crippen LogP contribution in [0.2, 0.25) is 0 Å². The van der Waals surface area contributed by atoms with Gasteiger partial charge in [-0.3, -0.25) is 4.90 Å². The first-order valence-corrected chi connectivity index (χ1v) is 10.2. The van der Waals surface area contributed by atoms with E-state index in [-0.39, 0.29) is 24.6 Å². The number of benzene rings is 2. The van der Waals surface area contributed by atoms with E-state index in [0.717, 1.165) is 67.8 Å².